The fourth-order valence-electron chi connectivity index (χ4n) is 2.40. The fraction of sp³-hybridized carbons (Fsp3) is 0.357. The normalized spacial score (nSPS) is 20.4. The van der Waals surface area contributed by atoms with Crippen LogP contribution in [0.25, 0.3) is 11.4 Å². The molecule has 1 saturated heterocycles. The molecule has 1 aromatic carbocycles. The monoisotopic (exact) mass is 227 g/mol. The molecule has 88 valence electrons. The summed E-state index contributed by atoms with van der Waals surface area (Å²) in [5, 5.41) is 3.43. The maximum absolute atomic E-state index is 4.48. The van der Waals surface area contributed by atoms with E-state index >= 15 is 0 Å². The van der Waals surface area contributed by atoms with E-state index in [1.165, 1.54) is 18.5 Å². The van der Waals surface area contributed by atoms with Crippen LogP contribution in [0.5, 0.6) is 0 Å². The van der Waals surface area contributed by atoms with Gasteiger partial charge in [0.2, 0.25) is 0 Å². The molecule has 1 aromatic heterocycles. The second-order valence-corrected chi connectivity index (χ2v) is 4.60. The molecule has 2 aromatic rings. The minimum Gasteiger partial charge on any atom is -0.342 e. The molecule has 1 aliphatic heterocycles. The van der Waals surface area contributed by atoms with Crippen LogP contribution in [0.2, 0.25) is 0 Å². The van der Waals surface area contributed by atoms with Crippen molar-refractivity contribution in [2.45, 2.75) is 18.8 Å². The van der Waals surface area contributed by atoms with Gasteiger partial charge in [0.15, 0.2) is 0 Å². The van der Waals surface area contributed by atoms with Crippen molar-refractivity contribution in [3.8, 4) is 11.4 Å². The zero-order valence-electron chi connectivity index (χ0n) is 9.82. The first-order valence-electron chi connectivity index (χ1n) is 6.24. The Hall–Kier alpha value is -1.61. The summed E-state index contributed by atoms with van der Waals surface area (Å²) in [5.41, 5.74) is 2.42. The summed E-state index contributed by atoms with van der Waals surface area (Å²) >= 11 is 0. The molecule has 1 fully saturated rings. The van der Waals surface area contributed by atoms with Crippen molar-refractivity contribution < 1.29 is 0 Å². The Morgan fingerprint density at radius 1 is 1.18 bits per heavy atom. The summed E-state index contributed by atoms with van der Waals surface area (Å²) < 4.78 is 0. The summed E-state index contributed by atoms with van der Waals surface area (Å²) in [6.07, 6.45) is 4.49. The molecule has 0 bridgehead atoms. The van der Waals surface area contributed by atoms with Crippen LogP contribution in [-0.2, 0) is 0 Å². The molecule has 1 atom stereocenters. The second-order valence-electron chi connectivity index (χ2n) is 4.60. The lowest BCUT2D eigenvalue weighted by atomic mass is 9.97. The highest BCUT2D eigenvalue weighted by Gasteiger charge is 2.17. The topological polar surface area (TPSA) is 40.7 Å². The maximum atomic E-state index is 4.48. The summed E-state index contributed by atoms with van der Waals surface area (Å²) in [5.74, 6) is 1.57. The van der Waals surface area contributed by atoms with Crippen molar-refractivity contribution in [2.75, 3.05) is 13.1 Å². The number of benzene rings is 1. The lowest BCUT2D eigenvalue weighted by Gasteiger charge is -2.21. The number of hydrogen-bond donors (Lipinski definition) is 2. The molecule has 1 aliphatic rings. The number of aromatic nitrogens is 2. The third-order valence-corrected chi connectivity index (χ3v) is 3.38. The van der Waals surface area contributed by atoms with Crippen molar-refractivity contribution in [1.29, 1.82) is 0 Å². The smallest absolute Gasteiger partial charge is 0.137 e. The molecule has 2 N–H and O–H groups in total. The van der Waals surface area contributed by atoms with Gasteiger partial charge in [0.25, 0.3) is 0 Å². The van der Waals surface area contributed by atoms with Crippen LogP contribution in [0.15, 0.2) is 36.5 Å². The van der Waals surface area contributed by atoms with E-state index in [-0.39, 0.29) is 0 Å². The SMILES string of the molecule is c1ccc(-c2ncc(C3CCCNC3)[nH]2)cc1. The maximum Gasteiger partial charge on any atom is 0.137 e. The van der Waals surface area contributed by atoms with Gasteiger partial charge in [-0.1, -0.05) is 30.3 Å². The van der Waals surface area contributed by atoms with Gasteiger partial charge in [-0.15, -0.1) is 0 Å². The standard InChI is InChI=1S/C14H17N3/c1-2-5-11(6-3-1)14-16-10-13(17-14)12-7-4-8-15-9-12/h1-3,5-6,10,12,15H,4,7-9H2,(H,16,17). The first kappa shape index (κ1) is 10.5. The van der Waals surface area contributed by atoms with Crippen molar-refractivity contribution in [1.82, 2.24) is 15.3 Å². The summed E-state index contributed by atoms with van der Waals surface area (Å²) in [4.78, 5) is 7.93. The van der Waals surface area contributed by atoms with Gasteiger partial charge in [-0.2, -0.15) is 0 Å². The van der Waals surface area contributed by atoms with Gasteiger partial charge in [-0.05, 0) is 19.4 Å². The molecule has 1 unspecified atom stereocenters. The summed E-state index contributed by atoms with van der Waals surface area (Å²) in [6, 6.07) is 10.3. The minimum atomic E-state index is 0.591. The van der Waals surface area contributed by atoms with E-state index in [2.05, 4.69) is 27.4 Å². The average Bonchev–Trinajstić information content (AvgIpc) is 2.90. The van der Waals surface area contributed by atoms with E-state index in [4.69, 9.17) is 0 Å². The highest BCUT2D eigenvalue weighted by atomic mass is 14.9. The zero-order valence-corrected chi connectivity index (χ0v) is 9.82. The summed E-state index contributed by atoms with van der Waals surface area (Å²) in [6.45, 7) is 2.21. The number of hydrogen-bond acceptors (Lipinski definition) is 2. The van der Waals surface area contributed by atoms with Crippen LogP contribution in [-0.4, -0.2) is 23.1 Å². The van der Waals surface area contributed by atoms with E-state index in [0.29, 0.717) is 5.92 Å². The van der Waals surface area contributed by atoms with Gasteiger partial charge in [0.1, 0.15) is 5.82 Å². The van der Waals surface area contributed by atoms with Crippen LogP contribution < -0.4 is 5.32 Å². The van der Waals surface area contributed by atoms with Crippen molar-refractivity contribution in [3.63, 3.8) is 0 Å². The Morgan fingerprint density at radius 2 is 2.06 bits per heavy atom. The lowest BCUT2D eigenvalue weighted by molar-refractivity contribution is 0.456. The van der Waals surface area contributed by atoms with Gasteiger partial charge >= 0.3 is 0 Å². The Morgan fingerprint density at radius 3 is 2.82 bits per heavy atom. The van der Waals surface area contributed by atoms with E-state index in [0.717, 1.165) is 24.5 Å². The number of nitrogens with zero attached hydrogens (tertiary/aromatic N) is 1. The van der Waals surface area contributed by atoms with Crippen molar-refractivity contribution >= 4 is 0 Å². The number of H-pyrrole nitrogens is 1. The molecule has 0 saturated carbocycles. The Kier molecular flexibility index (Phi) is 2.92. The largest absolute Gasteiger partial charge is 0.342 e. The van der Waals surface area contributed by atoms with Gasteiger partial charge in [-0.3, -0.25) is 0 Å². The number of piperidine rings is 1. The van der Waals surface area contributed by atoms with Crippen LogP contribution in [0.1, 0.15) is 24.5 Å². The molecule has 2 heterocycles. The first-order valence-corrected chi connectivity index (χ1v) is 6.24. The molecule has 3 rings (SSSR count). The highest BCUT2D eigenvalue weighted by Crippen LogP contribution is 2.24. The predicted octanol–water partition coefficient (Wildman–Crippen LogP) is 2.54. The Balaban J connectivity index is 1.83. The Labute approximate surface area is 101 Å². The van der Waals surface area contributed by atoms with Crippen LogP contribution in [0.4, 0.5) is 0 Å². The molecule has 3 nitrogen and oxygen atoms in total. The third kappa shape index (κ3) is 2.24. The molecule has 0 spiro atoms. The first-order chi connectivity index (χ1) is 8.43. The molecule has 0 aliphatic carbocycles. The van der Waals surface area contributed by atoms with E-state index in [1.807, 2.05) is 24.4 Å². The molecular formula is C14H17N3. The third-order valence-electron chi connectivity index (χ3n) is 3.38. The predicted molar refractivity (Wildman–Crippen MR) is 68.9 cm³/mol. The molecular weight excluding hydrogens is 210 g/mol. The lowest BCUT2D eigenvalue weighted by Crippen LogP contribution is -2.28. The van der Waals surface area contributed by atoms with E-state index in [9.17, 15) is 0 Å². The summed E-state index contributed by atoms with van der Waals surface area (Å²) in [7, 11) is 0. The van der Waals surface area contributed by atoms with Gasteiger partial charge in [-0.25, -0.2) is 4.98 Å². The van der Waals surface area contributed by atoms with Crippen LogP contribution in [0, 0.1) is 0 Å². The average molecular weight is 227 g/mol. The number of nitrogens with one attached hydrogen (secondary N) is 2. The van der Waals surface area contributed by atoms with E-state index < -0.39 is 0 Å². The van der Waals surface area contributed by atoms with Crippen LogP contribution in [0.3, 0.4) is 0 Å². The quantitative estimate of drug-likeness (QED) is 0.827. The van der Waals surface area contributed by atoms with Crippen LogP contribution >= 0.6 is 0 Å². The number of rotatable bonds is 2. The molecule has 0 radical (unpaired) electrons. The molecule has 3 heteroatoms. The number of aromatic amines is 1. The van der Waals surface area contributed by atoms with Crippen molar-refractivity contribution in [3.05, 3.63) is 42.2 Å². The van der Waals surface area contributed by atoms with Gasteiger partial charge in [0, 0.05) is 29.9 Å². The fourth-order valence-corrected chi connectivity index (χ4v) is 2.40. The van der Waals surface area contributed by atoms with Gasteiger partial charge < -0.3 is 10.3 Å². The van der Waals surface area contributed by atoms with E-state index in [1.54, 1.807) is 0 Å². The molecule has 17 heavy (non-hydrogen) atoms. The zero-order chi connectivity index (χ0) is 11.5. The Bertz CT molecular complexity index is 469. The van der Waals surface area contributed by atoms with Crippen molar-refractivity contribution in [2.24, 2.45) is 0 Å². The minimum absolute atomic E-state index is 0.591. The molecule has 0 amide bonds. The highest BCUT2D eigenvalue weighted by molar-refractivity contribution is 5.54. The number of imidazole rings is 1. The second kappa shape index (κ2) is 4.72. The van der Waals surface area contributed by atoms with Gasteiger partial charge in [0.05, 0.1) is 0 Å².